The minimum Gasteiger partial charge on any atom is -0.395 e. The lowest BCUT2D eigenvalue weighted by molar-refractivity contribution is -0.145. The number of hydrazine groups is 1. The second-order valence-electron chi connectivity index (χ2n) is 3.76. The number of aliphatic hydroxyl groups is 1. The monoisotopic (exact) mass is 184 g/mol. The molecule has 1 atom stereocenters. The first-order valence-electron chi connectivity index (χ1n) is 5.00. The Kier molecular flexibility index (Phi) is 2.51. The van der Waals surface area contributed by atoms with Gasteiger partial charge in [-0.15, -0.1) is 0 Å². The molecule has 0 radical (unpaired) electrons. The first-order chi connectivity index (χ1) is 6.33. The first kappa shape index (κ1) is 8.97. The van der Waals surface area contributed by atoms with Crippen LogP contribution >= 0.6 is 0 Å². The molecule has 0 saturated carbocycles. The average Bonchev–Trinajstić information content (AvgIpc) is 2.71. The summed E-state index contributed by atoms with van der Waals surface area (Å²) in [6.07, 6.45) is 3.75. The number of carbonyl (C=O) groups excluding carboxylic acids is 1. The Morgan fingerprint density at radius 3 is 2.85 bits per heavy atom. The molecule has 74 valence electrons. The molecule has 0 aromatic rings. The van der Waals surface area contributed by atoms with Gasteiger partial charge in [0.2, 0.25) is 5.91 Å². The lowest BCUT2D eigenvalue weighted by atomic mass is 10.2. The van der Waals surface area contributed by atoms with Crippen LogP contribution < -0.4 is 0 Å². The van der Waals surface area contributed by atoms with Crippen LogP contribution in [0.1, 0.15) is 25.7 Å². The quantitative estimate of drug-likeness (QED) is 0.656. The second-order valence-corrected chi connectivity index (χ2v) is 3.76. The third kappa shape index (κ3) is 1.56. The molecule has 13 heavy (non-hydrogen) atoms. The summed E-state index contributed by atoms with van der Waals surface area (Å²) < 4.78 is 0. The zero-order valence-corrected chi connectivity index (χ0v) is 7.78. The van der Waals surface area contributed by atoms with Crippen molar-refractivity contribution in [1.29, 1.82) is 0 Å². The molecule has 2 rings (SSSR count). The summed E-state index contributed by atoms with van der Waals surface area (Å²) in [6, 6.07) is 0.182. The van der Waals surface area contributed by atoms with E-state index in [-0.39, 0.29) is 18.6 Å². The summed E-state index contributed by atoms with van der Waals surface area (Å²) >= 11 is 0. The molecule has 2 aliphatic rings. The van der Waals surface area contributed by atoms with Crippen molar-refractivity contribution in [3.8, 4) is 0 Å². The zero-order valence-electron chi connectivity index (χ0n) is 7.78. The van der Waals surface area contributed by atoms with Crippen molar-refractivity contribution in [2.45, 2.75) is 31.7 Å². The maximum Gasteiger partial charge on any atom is 0.236 e. The summed E-state index contributed by atoms with van der Waals surface area (Å²) in [5, 5.41) is 13.0. The molecule has 4 nitrogen and oxygen atoms in total. The van der Waals surface area contributed by atoms with Crippen molar-refractivity contribution in [1.82, 2.24) is 10.0 Å². The van der Waals surface area contributed by atoms with E-state index in [1.165, 1.54) is 0 Å². The van der Waals surface area contributed by atoms with Crippen LogP contribution in [0.3, 0.4) is 0 Å². The van der Waals surface area contributed by atoms with Crippen LogP contribution in [0, 0.1) is 0 Å². The third-order valence-corrected chi connectivity index (χ3v) is 2.92. The van der Waals surface area contributed by atoms with Crippen molar-refractivity contribution in [2.24, 2.45) is 0 Å². The SMILES string of the molecule is O=C1CCCN1N1CCCC1CO. The summed E-state index contributed by atoms with van der Waals surface area (Å²) in [5.41, 5.74) is 0. The zero-order chi connectivity index (χ0) is 9.26. The topological polar surface area (TPSA) is 43.8 Å². The average molecular weight is 184 g/mol. The largest absolute Gasteiger partial charge is 0.395 e. The molecule has 2 fully saturated rings. The smallest absolute Gasteiger partial charge is 0.236 e. The molecular weight excluding hydrogens is 168 g/mol. The van der Waals surface area contributed by atoms with Crippen molar-refractivity contribution in [2.75, 3.05) is 19.7 Å². The molecule has 1 N–H and O–H groups in total. The van der Waals surface area contributed by atoms with E-state index < -0.39 is 0 Å². The third-order valence-electron chi connectivity index (χ3n) is 2.92. The summed E-state index contributed by atoms with van der Waals surface area (Å²) in [5.74, 6) is 0.223. The van der Waals surface area contributed by atoms with Crippen LogP contribution in [0.5, 0.6) is 0 Å². The molecule has 1 unspecified atom stereocenters. The highest BCUT2D eigenvalue weighted by atomic mass is 16.3. The molecule has 0 aromatic heterocycles. The highest BCUT2D eigenvalue weighted by molar-refractivity contribution is 5.77. The Balaban J connectivity index is 2.02. The minimum absolute atomic E-state index is 0.170. The van der Waals surface area contributed by atoms with Gasteiger partial charge in [-0.2, -0.15) is 0 Å². The van der Waals surface area contributed by atoms with Crippen molar-refractivity contribution in [3.05, 3.63) is 0 Å². The standard InChI is InChI=1S/C9H16N2O2/c12-7-8-3-1-5-10(8)11-6-2-4-9(11)13/h8,12H,1-7H2. The van der Waals surface area contributed by atoms with Gasteiger partial charge in [-0.05, 0) is 19.3 Å². The summed E-state index contributed by atoms with van der Waals surface area (Å²) in [6.45, 7) is 1.94. The minimum atomic E-state index is 0.170. The van der Waals surface area contributed by atoms with E-state index in [1.54, 1.807) is 0 Å². The summed E-state index contributed by atoms with van der Waals surface area (Å²) in [7, 11) is 0. The van der Waals surface area contributed by atoms with E-state index in [4.69, 9.17) is 5.11 Å². The lowest BCUT2D eigenvalue weighted by Gasteiger charge is -2.32. The van der Waals surface area contributed by atoms with Gasteiger partial charge in [-0.25, -0.2) is 5.01 Å². The molecule has 0 aromatic carbocycles. The Labute approximate surface area is 78.1 Å². The van der Waals surface area contributed by atoms with E-state index >= 15 is 0 Å². The van der Waals surface area contributed by atoms with E-state index in [1.807, 2.05) is 5.01 Å². The van der Waals surface area contributed by atoms with Crippen molar-refractivity contribution in [3.63, 3.8) is 0 Å². The second kappa shape index (κ2) is 3.64. The molecular formula is C9H16N2O2. The number of nitrogens with zero attached hydrogens (tertiary/aromatic N) is 2. The van der Waals surface area contributed by atoms with Gasteiger partial charge in [-0.3, -0.25) is 9.80 Å². The van der Waals surface area contributed by atoms with Crippen molar-refractivity contribution >= 4 is 5.91 Å². The molecule has 2 heterocycles. The van der Waals surface area contributed by atoms with Gasteiger partial charge >= 0.3 is 0 Å². The number of hydrogen-bond donors (Lipinski definition) is 1. The highest BCUT2D eigenvalue weighted by Crippen LogP contribution is 2.23. The van der Waals surface area contributed by atoms with Gasteiger partial charge in [0.15, 0.2) is 0 Å². The lowest BCUT2D eigenvalue weighted by Crippen LogP contribution is -2.47. The number of rotatable bonds is 2. The molecule has 0 bridgehead atoms. The number of carbonyl (C=O) groups is 1. The highest BCUT2D eigenvalue weighted by Gasteiger charge is 2.33. The van der Waals surface area contributed by atoms with Crippen LogP contribution in [-0.2, 0) is 4.79 Å². The Morgan fingerprint density at radius 1 is 1.38 bits per heavy atom. The molecule has 0 spiro atoms. The fourth-order valence-electron chi connectivity index (χ4n) is 2.23. The number of hydrogen-bond acceptors (Lipinski definition) is 3. The van der Waals surface area contributed by atoms with E-state index in [2.05, 4.69) is 5.01 Å². The van der Waals surface area contributed by atoms with Crippen LogP contribution in [0.25, 0.3) is 0 Å². The van der Waals surface area contributed by atoms with Gasteiger partial charge in [-0.1, -0.05) is 0 Å². The number of aliphatic hydroxyl groups excluding tert-OH is 1. The molecule has 0 aliphatic carbocycles. The first-order valence-corrected chi connectivity index (χ1v) is 5.00. The van der Waals surface area contributed by atoms with Crippen LogP contribution in [0.15, 0.2) is 0 Å². The molecule has 1 amide bonds. The predicted molar refractivity (Wildman–Crippen MR) is 47.8 cm³/mol. The van der Waals surface area contributed by atoms with E-state index in [0.717, 1.165) is 32.4 Å². The molecule has 4 heteroatoms. The van der Waals surface area contributed by atoms with Gasteiger partial charge < -0.3 is 5.11 Å². The normalized spacial score (nSPS) is 30.4. The maximum atomic E-state index is 11.4. The van der Waals surface area contributed by atoms with Gasteiger partial charge in [0, 0.05) is 19.5 Å². The maximum absolute atomic E-state index is 11.4. The Hall–Kier alpha value is -0.610. The van der Waals surface area contributed by atoms with Crippen LogP contribution in [0.2, 0.25) is 0 Å². The molecule has 2 aliphatic heterocycles. The van der Waals surface area contributed by atoms with Gasteiger partial charge in [0.1, 0.15) is 0 Å². The van der Waals surface area contributed by atoms with Crippen LogP contribution in [-0.4, -0.2) is 46.8 Å². The van der Waals surface area contributed by atoms with Gasteiger partial charge in [0.05, 0.1) is 12.6 Å². The number of amides is 1. The van der Waals surface area contributed by atoms with E-state index in [0.29, 0.717) is 6.42 Å². The Bertz CT molecular complexity index is 208. The fraction of sp³-hybridized carbons (Fsp3) is 0.889. The van der Waals surface area contributed by atoms with Crippen molar-refractivity contribution < 1.29 is 9.90 Å². The predicted octanol–water partition coefficient (Wildman–Crippen LogP) is -0.0195. The fourth-order valence-corrected chi connectivity index (χ4v) is 2.23. The molecule has 2 saturated heterocycles. The Morgan fingerprint density at radius 2 is 2.23 bits per heavy atom. The van der Waals surface area contributed by atoms with Gasteiger partial charge in [0.25, 0.3) is 0 Å². The summed E-state index contributed by atoms with van der Waals surface area (Å²) in [4.78, 5) is 11.4. The van der Waals surface area contributed by atoms with Crippen LogP contribution in [0.4, 0.5) is 0 Å². The van der Waals surface area contributed by atoms with E-state index in [9.17, 15) is 4.79 Å².